The number of hydrogen-bond acceptors (Lipinski definition) is 2. The molecule has 4 heteroatoms. The van der Waals surface area contributed by atoms with Gasteiger partial charge in [0.05, 0.1) is 6.54 Å². The average Bonchev–Trinajstić information content (AvgIpc) is 2.95. The molecular weight excluding hydrogens is 264 g/mol. The van der Waals surface area contributed by atoms with Crippen molar-refractivity contribution in [2.75, 3.05) is 6.54 Å². The standard InChI is InChI=1S/C17H28N2O2/c1-2-14(13-8-4-3-5-9-13)19-12-15(20)18-17(16(19)21)10-6-7-11-17/h13-14H,2-12H2,1H3,(H,18,20). The van der Waals surface area contributed by atoms with Gasteiger partial charge in [0.15, 0.2) is 0 Å². The largest absolute Gasteiger partial charge is 0.340 e. The highest BCUT2D eigenvalue weighted by Crippen LogP contribution is 2.37. The lowest BCUT2D eigenvalue weighted by Crippen LogP contribution is -2.68. The average molecular weight is 292 g/mol. The van der Waals surface area contributed by atoms with Crippen LogP contribution < -0.4 is 5.32 Å². The first-order chi connectivity index (χ1) is 10.2. The number of hydrogen-bond donors (Lipinski definition) is 1. The first-order valence-corrected chi connectivity index (χ1v) is 8.78. The second-order valence-electron chi connectivity index (χ2n) is 7.14. The van der Waals surface area contributed by atoms with Crippen molar-refractivity contribution in [2.24, 2.45) is 5.92 Å². The molecular formula is C17H28N2O2. The van der Waals surface area contributed by atoms with Crippen molar-refractivity contribution in [1.29, 1.82) is 0 Å². The van der Waals surface area contributed by atoms with Crippen molar-refractivity contribution >= 4 is 11.8 Å². The van der Waals surface area contributed by atoms with Crippen LogP contribution in [0.2, 0.25) is 0 Å². The number of nitrogens with one attached hydrogen (secondary N) is 1. The summed E-state index contributed by atoms with van der Waals surface area (Å²) in [7, 11) is 0. The van der Waals surface area contributed by atoms with Gasteiger partial charge < -0.3 is 10.2 Å². The summed E-state index contributed by atoms with van der Waals surface area (Å²) in [6, 6.07) is 0.265. The minimum absolute atomic E-state index is 0.0470. The van der Waals surface area contributed by atoms with Gasteiger partial charge in [0.25, 0.3) is 0 Å². The summed E-state index contributed by atoms with van der Waals surface area (Å²) in [5.41, 5.74) is -0.558. The minimum Gasteiger partial charge on any atom is -0.340 e. The van der Waals surface area contributed by atoms with Crippen LogP contribution in [0.1, 0.15) is 71.1 Å². The number of carbonyl (C=O) groups is 2. The number of nitrogens with zero attached hydrogens (tertiary/aromatic N) is 1. The molecule has 1 spiro atoms. The Morgan fingerprint density at radius 3 is 2.43 bits per heavy atom. The zero-order chi connectivity index (χ0) is 14.9. The molecule has 4 nitrogen and oxygen atoms in total. The van der Waals surface area contributed by atoms with Crippen LogP contribution in [0.4, 0.5) is 0 Å². The Bertz CT molecular complexity index is 409. The van der Waals surface area contributed by atoms with Crippen molar-refractivity contribution in [3.63, 3.8) is 0 Å². The predicted molar refractivity (Wildman–Crippen MR) is 81.7 cm³/mol. The summed E-state index contributed by atoms with van der Waals surface area (Å²) >= 11 is 0. The van der Waals surface area contributed by atoms with Crippen LogP contribution in [0.15, 0.2) is 0 Å². The summed E-state index contributed by atoms with van der Waals surface area (Å²) < 4.78 is 0. The molecule has 3 aliphatic rings. The fourth-order valence-electron chi connectivity index (χ4n) is 4.77. The van der Waals surface area contributed by atoms with Crippen LogP contribution in [0.25, 0.3) is 0 Å². The molecule has 2 saturated carbocycles. The van der Waals surface area contributed by atoms with E-state index in [0.717, 1.165) is 32.1 Å². The first-order valence-electron chi connectivity index (χ1n) is 8.78. The molecule has 0 aromatic heterocycles. The molecule has 1 unspecified atom stereocenters. The molecule has 3 fully saturated rings. The second-order valence-corrected chi connectivity index (χ2v) is 7.14. The van der Waals surface area contributed by atoms with E-state index in [1.807, 2.05) is 4.90 Å². The van der Waals surface area contributed by atoms with Gasteiger partial charge in [-0.25, -0.2) is 0 Å². The van der Waals surface area contributed by atoms with Crippen molar-refractivity contribution in [1.82, 2.24) is 10.2 Å². The van der Waals surface area contributed by atoms with Gasteiger partial charge >= 0.3 is 0 Å². The van der Waals surface area contributed by atoms with Gasteiger partial charge in [0.2, 0.25) is 11.8 Å². The molecule has 2 aliphatic carbocycles. The van der Waals surface area contributed by atoms with Gasteiger partial charge in [-0.3, -0.25) is 9.59 Å². The van der Waals surface area contributed by atoms with Gasteiger partial charge in [-0.2, -0.15) is 0 Å². The Morgan fingerprint density at radius 2 is 1.81 bits per heavy atom. The third-order valence-corrected chi connectivity index (χ3v) is 5.83. The monoisotopic (exact) mass is 292 g/mol. The Hall–Kier alpha value is -1.06. The number of carbonyl (C=O) groups excluding carboxylic acids is 2. The molecule has 1 saturated heterocycles. The molecule has 0 bridgehead atoms. The Balaban J connectivity index is 1.80. The molecule has 1 atom stereocenters. The Kier molecular flexibility index (Phi) is 4.23. The van der Waals surface area contributed by atoms with Crippen LogP contribution in [0, 0.1) is 5.92 Å². The normalized spacial score (nSPS) is 28.0. The van der Waals surface area contributed by atoms with E-state index < -0.39 is 5.54 Å². The summed E-state index contributed by atoms with van der Waals surface area (Å²) in [4.78, 5) is 27.2. The van der Waals surface area contributed by atoms with E-state index in [0.29, 0.717) is 5.92 Å². The molecule has 1 heterocycles. The highest BCUT2D eigenvalue weighted by molar-refractivity contribution is 5.98. The van der Waals surface area contributed by atoms with Crippen molar-refractivity contribution in [3.05, 3.63) is 0 Å². The van der Waals surface area contributed by atoms with Gasteiger partial charge in [-0.05, 0) is 38.0 Å². The number of rotatable bonds is 3. The van der Waals surface area contributed by atoms with Crippen molar-refractivity contribution in [3.8, 4) is 0 Å². The zero-order valence-corrected chi connectivity index (χ0v) is 13.2. The maximum Gasteiger partial charge on any atom is 0.249 e. The lowest BCUT2D eigenvalue weighted by molar-refractivity contribution is -0.153. The third kappa shape index (κ3) is 2.69. The highest BCUT2D eigenvalue weighted by Gasteiger charge is 2.50. The molecule has 0 aromatic rings. The summed E-state index contributed by atoms with van der Waals surface area (Å²) in [5, 5.41) is 3.02. The Labute approximate surface area is 127 Å². The Morgan fingerprint density at radius 1 is 1.14 bits per heavy atom. The van der Waals surface area contributed by atoms with E-state index in [-0.39, 0.29) is 24.4 Å². The fourth-order valence-corrected chi connectivity index (χ4v) is 4.77. The lowest BCUT2D eigenvalue weighted by Gasteiger charge is -2.46. The van der Waals surface area contributed by atoms with E-state index in [1.165, 1.54) is 32.1 Å². The van der Waals surface area contributed by atoms with E-state index in [9.17, 15) is 9.59 Å². The van der Waals surface area contributed by atoms with E-state index in [4.69, 9.17) is 0 Å². The first kappa shape index (κ1) is 14.9. The predicted octanol–water partition coefficient (Wildman–Crippen LogP) is 2.62. The number of amides is 2. The van der Waals surface area contributed by atoms with E-state index in [2.05, 4.69) is 12.2 Å². The number of piperazine rings is 1. The zero-order valence-electron chi connectivity index (χ0n) is 13.2. The van der Waals surface area contributed by atoms with Crippen LogP contribution >= 0.6 is 0 Å². The summed E-state index contributed by atoms with van der Waals surface area (Å²) in [5.74, 6) is 0.847. The van der Waals surface area contributed by atoms with Gasteiger partial charge in [0, 0.05) is 6.04 Å². The van der Waals surface area contributed by atoms with Crippen LogP contribution in [-0.4, -0.2) is 34.8 Å². The third-order valence-electron chi connectivity index (χ3n) is 5.83. The summed E-state index contributed by atoms with van der Waals surface area (Å²) in [6.45, 7) is 2.44. The minimum atomic E-state index is -0.558. The SMILES string of the molecule is CCC(C1CCCCC1)N1CC(=O)NC2(CCCC2)C1=O. The smallest absolute Gasteiger partial charge is 0.249 e. The maximum absolute atomic E-state index is 13.0. The van der Waals surface area contributed by atoms with Gasteiger partial charge in [-0.15, -0.1) is 0 Å². The molecule has 1 N–H and O–H groups in total. The van der Waals surface area contributed by atoms with E-state index >= 15 is 0 Å². The van der Waals surface area contributed by atoms with Crippen LogP contribution in [0.5, 0.6) is 0 Å². The van der Waals surface area contributed by atoms with Crippen LogP contribution in [-0.2, 0) is 9.59 Å². The molecule has 3 rings (SSSR count). The van der Waals surface area contributed by atoms with Crippen molar-refractivity contribution < 1.29 is 9.59 Å². The maximum atomic E-state index is 13.0. The molecule has 21 heavy (non-hydrogen) atoms. The van der Waals surface area contributed by atoms with Gasteiger partial charge in [0.1, 0.15) is 5.54 Å². The van der Waals surface area contributed by atoms with Crippen LogP contribution in [0.3, 0.4) is 0 Å². The van der Waals surface area contributed by atoms with Gasteiger partial charge in [-0.1, -0.05) is 39.0 Å². The lowest BCUT2D eigenvalue weighted by atomic mass is 9.80. The quantitative estimate of drug-likeness (QED) is 0.869. The molecule has 0 radical (unpaired) electrons. The van der Waals surface area contributed by atoms with E-state index in [1.54, 1.807) is 0 Å². The molecule has 2 amide bonds. The van der Waals surface area contributed by atoms with Crippen molar-refractivity contribution in [2.45, 2.75) is 82.7 Å². The fraction of sp³-hybridized carbons (Fsp3) is 0.882. The molecule has 0 aromatic carbocycles. The molecule has 118 valence electrons. The summed E-state index contributed by atoms with van der Waals surface area (Å²) in [6.07, 6.45) is 11.1. The second kappa shape index (κ2) is 5.98. The highest BCUT2D eigenvalue weighted by atomic mass is 16.2. The molecule has 1 aliphatic heterocycles. The topological polar surface area (TPSA) is 49.4 Å².